The number of nitrogens with zero attached hydrogens (tertiary/aromatic N) is 1. The predicted octanol–water partition coefficient (Wildman–Crippen LogP) is 2.35. The number of carbonyl (C=O) groups excluding carboxylic acids is 1. The van der Waals surface area contributed by atoms with Crippen molar-refractivity contribution in [1.82, 2.24) is 4.90 Å². The monoisotopic (exact) mass is 299 g/mol. The van der Waals surface area contributed by atoms with Crippen molar-refractivity contribution in [3.63, 3.8) is 0 Å². The molecule has 5 nitrogen and oxygen atoms in total. The molecular formula is C14H18ClNO4. The van der Waals surface area contributed by atoms with Gasteiger partial charge in [0.2, 0.25) is 0 Å². The molecule has 0 spiro atoms. The van der Waals surface area contributed by atoms with Crippen LogP contribution < -0.4 is 4.74 Å². The lowest BCUT2D eigenvalue weighted by molar-refractivity contribution is -0.138. The van der Waals surface area contributed by atoms with Crippen molar-refractivity contribution in [2.75, 3.05) is 20.2 Å². The number of benzene rings is 1. The van der Waals surface area contributed by atoms with E-state index in [9.17, 15) is 9.59 Å². The third-order valence-corrected chi connectivity index (χ3v) is 3.03. The largest absolute Gasteiger partial charge is 0.483 e. The molecule has 0 saturated heterocycles. The summed E-state index contributed by atoms with van der Waals surface area (Å²) in [7, 11) is 1.63. The molecular weight excluding hydrogens is 282 g/mol. The molecule has 0 heterocycles. The van der Waals surface area contributed by atoms with E-state index in [0.29, 0.717) is 23.7 Å². The summed E-state index contributed by atoms with van der Waals surface area (Å²) in [6.07, 6.45) is 0.478. The molecule has 0 fully saturated rings. The van der Waals surface area contributed by atoms with Gasteiger partial charge in [0.25, 0.3) is 5.91 Å². The second-order valence-corrected chi connectivity index (χ2v) is 4.95. The number of rotatable bonds is 7. The normalized spacial score (nSPS) is 10.2. The van der Waals surface area contributed by atoms with Gasteiger partial charge in [0.15, 0.2) is 6.61 Å². The van der Waals surface area contributed by atoms with Crippen molar-refractivity contribution in [2.24, 2.45) is 0 Å². The van der Waals surface area contributed by atoms with Gasteiger partial charge in [-0.25, -0.2) is 0 Å². The van der Waals surface area contributed by atoms with E-state index in [4.69, 9.17) is 21.4 Å². The summed E-state index contributed by atoms with van der Waals surface area (Å²) < 4.78 is 5.44. The molecule has 110 valence electrons. The predicted molar refractivity (Wildman–Crippen MR) is 76.2 cm³/mol. The Hall–Kier alpha value is -1.75. The zero-order valence-corrected chi connectivity index (χ0v) is 12.3. The number of halogens is 1. The Labute approximate surface area is 123 Å². The van der Waals surface area contributed by atoms with Crippen molar-refractivity contribution in [2.45, 2.75) is 19.8 Å². The third-order valence-electron chi connectivity index (χ3n) is 2.80. The average Bonchev–Trinajstić information content (AvgIpc) is 2.36. The van der Waals surface area contributed by atoms with Gasteiger partial charge in [-0.15, -0.1) is 0 Å². The Morgan fingerprint density at radius 2 is 2.10 bits per heavy atom. The molecule has 1 amide bonds. The van der Waals surface area contributed by atoms with Gasteiger partial charge in [-0.3, -0.25) is 9.59 Å². The number of likely N-dealkylation sites (N-methyl/N-ethyl adjacent to an activating group) is 1. The number of carbonyl (C=O) groups is 2. The highest BCUT2D eigenvalue weighted by Gasteiger charge is 2.11. The van der Waals surface area contributed by atoms with Gasteiger partial charge in [-0.2, -0.15) is 0 Å². The van der Waals surface area contributed by atoms with E-state index in [1.165, 1.54) is 4.90 Å². The minimum atomic E-state index is -0.862. The smallest absolute Gasteiger partial charge is 0.303 e. The first kappa shape index (κ1) is 16.3. The molecule has 0 bridgehead atoms. The molecule has 1 N–H and O–H groups in total. The highest BCUT2D eigenvalue weighted by Crippen LogP contribution is 2.21. The fraction of sp³-hybridized carbons (Fsp3) is 0.429. The summed E-state index contributed by atoms with van der Waals surface area (Å²) in [6.45, 7) is 2.17. The maximum absolute atomic E-state index is 11.8. The SMILES string of the molecule is Cc1cc(Cl)ccc1OCC(=O)N(C)CCCC(=O)O. The van der Waals surface area contributed by atoms with E-state index in [1.807, 2.05) is 6.92 Å². The number of carboxylic acid groups (broad SMARTS) is 1. The molecule has 0 aliphatic carbocycles. The second kappa shape index (κ2) is 7.75. The van der Waals surface area contributed by atoms with Crippen LogP contribution in [0.4, 0.5) is 0 Å². The number of aryl methyl sites for hydroxylation is 1. The van der Waals surface area contributed by atoms with Gasteiger partial charge in [-0.05, 0) is 37.1 Å². The second-order valence-electron chi connectivity index (χ2n) is 4.51. The Bertz CT molecular complexity index is 490. The van der Waals surface area contributed by atoms with E-state index >= 15 is 0 Å². The number of hydrogen-bond acceptors (Lipinski definition) is 3. The summed E-state index contributed by atoms with van der Waals surface area (Å²) in [5.41, 5.74) is 0.860. The third kappa shape index (κ3) is 5.48. The zero-order valence-electron chi connectivity index (χ0n) is 11.6. The Kier molecular flexibility index (Phi) is 6.31. The Balaban J connectivity index is 2.40. The highest BCUT2D eigenvalue weighted by molar-refractivity contribution is 6.30. The van der Waals surface area contributed by atoms with Crippen LogP contribution in [0, 0.1) is 6.92 Å². The van der Waals surface area contributed by atoms with Crippen LogP contribution in [0.5, 0.6) is 5.75 Å². The molecule has 0 atom stereocenters. The number of aliphatic carboxylic acids is 1. The summed E-state index contributed by atoms with van der Waals surface area (Å²) in [5, 5.41) is 9.15. The quantitative estimate of drug-likeness (QED) is 0.839. The molecule has 0 saturated carbocycles. The van der Waals surface area contributed by atoms with Crippen LogP contribution in [0.1, 0.15) is 18.4 Å². The van der Waals surface area contributed by atoms with Crippen molar-refractivity contribution in [3.8, 4) is 5.75 Å². The lowest BCUT2D eigenvalue weighted by Crippen LogP contribution is -2.32. The minimum Gasteiger partial charge on any atom is -0.483 e. The molecule has 0 unspecified atom stereocenters. The first-order chi connectivity index (χ1) is 9.40. The van der Waals surface area contributed by atoms with Gasteiger partial charge >= 0.3 is 5.97 Å². The topological polar surface area (TPSA) is 66.8 Å². The standard InChI is InChI=1S/C14H18ClNO4/c1-10-8-11(15)5-6-12(10)20-9-13(17)16(2)7-3-4-14(18)19/h5-6,8H,3-4,7,9H2,1-2H3,(H,18,19). The van der Waals surface area contributed by atoms with E-state index in [2.05, 4.69) is 0 Å². The first-order valence-electron chi connectivity index (χ1n) is 6.25. The van der Waals surface area contributed by atoms with E-state index in [1.54, 1.807) is 25.2 Å². The van der Waals surface area contributed by atoms with Crippen molar-refractivity contribution >= 4 is 23.5 Å². The lowest BCUT2D eigenvalue weighted by atomic mass is 10.2. The Morgan fingerprint density at radius 3 is 2.70 bits per heavy atom. The molecule has 20 heavy (non-hydrogen) atoms. The van der Waals surface area contributed by atoms with Crippen LogP contribution in [0.25, 0.3) is 0 Å². The fourth-order valence-electron chi connectivity index (χ4n) is 1.62. The zero-order chi connectivity index (χ0) is 15.1. The first-order valence-corrected chi connectivity index (χ1v) is 6.62. The van der Waals surface area contributed by atoms with Gasteiger partial charge in [0.05, 0.1) is 0 Å². The van der Waals surface area contributed by atoms with Gasteiger partial charge in [-0.1, -0.05) is 11.6 Å². The van der Waals surface area contributed by atoms with Crippen molar-refractivity contribution in [1.29, 1.82) is 0 Å². The Morgan fingerprint density at radius 1 is 1.40 bits per heavy atom. The van der Waals surface area contributed by atoms with Gasteiger partial charge in [0, 0.05) is 25.0 Å². The summed E-state index contributed by atoms with van der Waals surface area (Å²) in [6, 6.07) is 5.18. The van der Waals surface area contributed by atoms with Crippen molar-refractivity contribution in [3.05, 3.63) is 28.8 Å². The number of ether oxygens (including phenoxy) is 1. The summed E-state index contributed by atoms with van der Waals surface area (Å²) >= 11 is 5.83. The summed E-state index contributed by atoms with van der Waals surface area (Å²) in [5.74, 6) is -0.440. The number of carboxylic acids is 1. The highest BCUT2D eigenvalue weighted by atomic mass is 35.5. The molecule has 1 aromatic rings. The minimum absolute atomic E-state index is 0.0504. The van der Waals surface area contributed by atoms with Crippen LogP contribution in [0.2, 0.25) is 5.02 Å². The van der Waals surface area contributed by atoms with Crippen LogP contribution in [0.15, 0.2) is 18.2 Å². The number of hydrogen-bond donors (Lipinski definition) is 1. The van der Waals surface area contributed by atoms with E-state index in [0.717, 1.165) is 5.56 Å². The molecule has 0 aliphatic heterocycles. The van der Waals surface area contributed by atoms with Crippen LogP contribution >= 0.6 is 11.6 Å². The maximum Gasteiger partial charge on any atom is 0.303 e. The van der Waals surface area contributed by atoms with E-state index in [-0.39, 0.29) is 18.9 Å². The molecule has 1 rings (SSSR count). The molecule has 0 aromatic heterocycles. The fourth-order valence-corrected chi connectivity index (χ4v) is 1.84. The molecule has 1 aromatic carbocycles. The van der Waals surface area contributed by atoms with Gasteiger partial charge in [0.1, 0.15) is 5.75 Å². The van der Waals surface area contributed by atoms with Crippen LogP contribution in [-0.4, -0.2) is 42.1 Å². The molecule has 6 heteroatoms. The molecule has 0 radical (unpaired) electrons. The van der Waals surface area contributed by atoms with E-state index < -0.39 is 5.97 Å². The molecule has 0 aliphatic rings. The van der Waals surface area contributed by atoms with Crippen LogP contribution in [-0.2, 0) is 9.59 Å². The van der Waals surface area contributed by atoms with Crippen molar-refractivity contribution < 1.29 is 19.4 Å². The van der Waals surface area contributed by atoms with Gasteiger partial charge < -0.3 is 14.7 Å². The summed E-state index contributed by atoms with van der Waals surface area (Å²) in [4.78, 5) is 23.7. The lowest BCUT2D eigenvalue weighted by Gasteiger charge is -2.17. The number of amides is 1. The average molecular weight is 300 g/mol. The van der Waals surface area contributed by atoms with Crippen LogP contribution in [0.3, 0.4) is 0 Å². The maximum atomic E-state index is 11.8.